The van der Waals surface area contributed by atoms with Crippen LogP contribution in [0.3, 0.4) is 0 Å². The van der Waals surface area contributed by atoms with Crippen LogP contribution in [-0.4, -0.2) is 78.9 Å². The Balaban J connectivity index is 1.47. The molecule has 6 nitrogen and oxygen atoms in total. The lowest BCUT2D eigenvalue weighted by atomic mass is 10.0. The monoisotopic (exact) mass is 396 g/mol. The summed E-state index contributed by atoms with van der Waals surface area (Å²) in [6.45, 7) is 8.48. The van der Waals surface area contributed by atoms with Crippen LogP contribution in [0.1, 0.15) is 19.4 Å². The van der Waals surface area contributed by atoms with Crippen molar-refractivity contribution in [1.29, 1.82) is 0 Å². The quantitative estimate of drug-likeness (QED) is 0.777. The average molecular weight is 397 g/mol. The molecule has 1 N–H and O–H groups in total. The molecule has 0 aromatic heterocycles. The molecule has 2 aromatic carbocycles. The van der Waals surface area contributed by atoms with Crippen LogP contribution in [-0.2, 0) is 16.1 Å². The summed E-state index contributed by atoms with van der Waals surface area (Å²) in [5, 5.41) is 5.42. The standard InChI is InChI=1S/C23H32N4O2/c1-18(2)24-22(28)16-25(3)17-23(29)27-13-11-26(12-14-27)15-20-9-6-8-19-7-4-5-10-21(19)20/h4-10,18H,11-17H2,1-3H3,(H,24,28). The number of likely N-dealkylation sites (N-methyl/N-ethyl adjacent to an activating group) is 1. The third-order valence-electron chi connectivity index (χ3n) is 5.27. The molecule has 1 aliphatic heterocycles. The van der Waals surface area contributed by atoms with E-state index in [9.17, 15) is 9.59 Å². The van der Waals surface area contributed by atoms with Crippen molar-refractivity contribution in [3.8, 4) is 0 Å². The molecule has 0 spiro atoms. The fraction of sp³-hybridized carbons (Fsp3) is 0.478. The summed E-state index contributed by atoms with van der Waals surface area (Å²) in [5.41, 5.74) is 1.33. The molecular weight excluding hydrogens is 364 g/mol. The average Bonchev–Trinajstić information content (AvgIpc) is 2.68. The van der Waals surface area contributed by atoms with Gasteiger partial charge in [-0.3, -0.25) is 19.4 Å². The maximum absolute atomic E-state index is 12.6. The van der Waals surface area contributed by atoms with Crippen LogP contribution in [0.25, 0.3) is 10.8 Å². The third kappa shape index (κ3) is 6.02. The molecule has 6 heteroatoms. The van der Waals surface area contributed by atoms with Gasteiger partial charge in [0.1, 0.15) is 0 Å². The van der Waals surface area contributed by atoms with Crippen molar-refractivity contribution in [3.05, 3.63) is 48.0 Å². The maximum Gasteiger partial charge on any atom is 0.236 e. The van der Waals surface area contributed by atoms with Gasteiger partial charge in [0.25, 0.3) is 0 Å². The molecule has 29 heavy (non-hydrogen) atoms. The molecule has 1 heterocycles. The summed E-state index contributed by atoms with van der Waals surface area (Å²) >= 11 is 0. The van der Waals surface area contributed by atoms with Gasteiger partial charge in [-0.2, -0.15) is 0 Å². The van der Waals surface area contributed by atoms with Gasteiger partial charge in [-0.25, -0.2) is 0 Å². The van der Waals surface area contributed by atoms with Gasteiger partial charge in [0, 0.05) is 38.8 Å². The molecule has 0 bridgehead atoms. The second-order valence-corrected chi connectivity index (χ2v) is 8.19. The summed E-state index contributed by atoms with van der Waals surface area (Å²) in [4.78, 5) is 30.5. The Morgan fingerprint density at radius 2 is 1.69 bits per heavy atom. The van der Waals surface area contributed by atoms with Gasteiger partial charge in [0.2, 0.25) is 11.8 Å². The molecular formula is C23H32N4O2. The molecule has 156 valence electrons. The van der Waals surface area contributed by atoms with Gasteiger partial charge < -0.3 is 10.2 Å². The first-order valence-corrected chi connectivity index (χ1v) is 10.4. The highest BCUT2D eigenvalue weighted by atomic mass is 16.2. The van der Waals surface area contributed by atoms with E-state index < -0.39 is 0 Å². The first-order valence-electron chi connectivity index (χ1n) is 10.4. The zero-order chi connectivity index (χ0) is 20.8. The first kappa shape index (κ1) is 21.3. The highest BCUT2D eigenvalue weighted by Crippen LogP contribution is 2.20. The van der Waals surface area contributed by atoms with Gasteiger partial charge in [-0.1, -0.05) is 42.5 Å². The highest BCUT2D eigenvalue weighted by molar-refractivity contribution is 5.85. The second kappa shape index (κ2) is 9.85. The van der Waals surface area contributed by atoms with Crippen molar-refractivity contribution in [2.75, 3.05) is 46.3 Å². The number of rotatable bonds is 7. The van der Waals surface area contributed by atoms with Crippen LogP contribution < -0.4 is 5.32 Å². The van der Waals surface area contributed by atoms with E-state index in [4.69, 9.17) is 0 Å². The number of fused-ring (bicyclic) bond motifs is 1. The van der Waals surface area contributed by atoms with Gasteiger partial charge in [-0.15, -0.1) is 0 Å². The van der Waals surface area contributed by atoms with Crippen LogP contribution >= 0.6 is 0 Å². The molecule has 1 saturated heterocycles. The Kier molecular flexibility index (Phi) is 7.23. The van der Waals surface area contributed by atoms with Crippen molar-refractivity contribution in [3.63, 3.8) is 0 Å². The van der Waals surface area contributed by atoms with Crippen LogP contribution in [0.4, 0.5) is 0 Å². The number of piperazine rings is 1. The Hall–Kier alpha value is -2.44. The molecule has 0 saturated carbocycles. The van der Waals surface area contributed by atoms with Crippen LogP contribution in [0, 0.1) is 0 Å². The number of hydrogen-bond acceptors (Lipinski definition) is 4. The van der Waals surface area contributed by atoms with Crippen molar-refractivity contribution >= 4 is 22.6 Å². The second-order valence-electron chi connectivity index (χ2n) is 8.19. The molecule has 0 aliphatic carbocycles. The van der Waals surface area contributed by atoms with E-state index >= 15 is 0 Å². The fourth-order valence-corrected chi connectivity index (χ4v) is 3.83. The number of nitrogens with zero attached hydrogens (tertiary/aromatic N) is 3. The lowest BCUT2D eigenvalue weighted by molar-refractivity contribution is -0.134. The molecule has 1 aliphatic rings. The Morgan fingerprint density at radius 3 is 2.41 bits per heavy atom. The largest absolute Gasteiger partial charge is 0.353 e. The SMILES string of the molecule is CC(C)NC(=O)CN(C)CC(=O)N1CCN(Cc2cccc3ccccc23)CC1. The predicted octanol–water partition coefficient (Wildman–Crippen LogP) is 1.94. The van der Waals surface area contributed by atoms with E-state index in [1.807, 2.05) is 25.8 Å². The minimum atomic E-state index is -0.0461. The fourth-order valence-electron chi connectivity index (χ4n) is 3.83. The van der Waals surface area contributed by atoms with Gasteiger partial charge >= 0.3 is 0 Å². The molecule has 0 atom stereocenters. The minimum Gasteiger partial charge on any atom is -0.353 e. The van der Waals surface area contributed by atoms with E-state index in [2.05, 4.69) is 52.7 Å². The highest BCUT2D eigenvalue weighted by Gasteiger charge is 2.22. The van der Waals surface area contributed by atoms with Crippen LogP contribution in [0.15, 0.2) is 42.5 Å². The number of hydrogen-bond donors (Lipinski definition) is 1. The number of benzene rings is 2. The summed E-state index contributed by atoms with van der Waals surface area (Å²) in [7, 11) is 1.81. The molecule has 2 amide bonds. The zero-order valence-corrected chi connectivity index (χ0v) is 17.7. The molecule has 3 rings (SSSR count). The number of nitrogens with one attached hydrogen (secondary N) is 1. The number of amides is 2. The molecule has 2 aromatic rings. The van der Waals surface area contributed by atoms with Crippen molar-refractivity contribution < 1.29 is 9.59 Å². The van der Waals surface area contributed by atoms with Crippen molar-refractivity contribution in [1.82, 2.24) is 20.0 Å². The molecule has 0 radical (unpaired) electrons. The summed E-state index contributed by atoms with van der Waals surface area (Å²) in [6.07, 6.45) is 0. The first-order chi connectivity index (χ1) is 13.9. The summed E-state index contributed by atoms with van der Waals surface area (Å²) < 4.78 is 0. The van der Waals surface area contributed by atoms with E-state index in [1.165, 1.54) is 16.3 Å². The molecule has 0 unspecified atom stereocenters. The van der Waals surface area contributed by atoms with E-state index in [1.54, 1.807) is 4.90 Å². The third-order valence-corrected chi connectivity index (χ3v) is 5.27. The van der Waals surface area contributed by atoms with E-state index in [0.29, 0.717) is 0 Å². The Bertz CT molecular complexity index is 838. The van der Waals surface area contributed by atoms with E-state index in [-0.39, 0.29) is 30.9 Å². The predicted molar refractivity (Wildman–Crippen MR) is 117 cm³/mol. The topological polar surface area (TPSA) is 55.9 Å². The van der Waals surface area contributed by atoms with Crippen molar-refractivity contribution in [2.24, 2.45) is 0 Å². The summed E-state index contributed by atoms with van der Waals surface area (Å²) in [5.74, 6) is 0.0462. The normalized spacial score (nSPS) is 15.3. The molecule has 1 fully saturated rings. The maximum atomic E-state index is 12.6. The van der Waals surface area contributed by atoms with Crippen LogP contribution in [0.2, 0.25) is 0 Å². The lowest BCUT2D eigenvalue weighted by Gasteiger charge is -2.35. The Morgan fingerprint density at radius 1 is 1.00 bits per heavy atom. The van der Waals surface area contributed by atoms with Gasteiger partial charge in [-0.05, 0) is 37.2 Å². The number of carbonyl (C=O) groups is 2. The van der Waals surface area contributed by atoms with Gasteiger partial charge in [0.15, 0.2) is 0 Å². The number of carbonyl (C=O) groups excluding carboxylic acids is 2. The van der Waals surface area contributed by atoms with Crippen molar-refractivity contribution in [2.45, 2.75) is 26.4 Å². The van der Waals surface area contributed by atoms with Gasteiger partial charge in [0.05, 0.1) is 13.1 Å². The lowest BCUT2D eigenvalue weighted by Crippen LogP contribution is -2.51. The summed E-state index contributed by atoms with van der Waals surface area (Å²) in [6, 6.07) is 15.0. The Labute approximate surface area is 173 Å². The van der Waals surface area contributed by atoms with E-state index in [0.717, 1.165) is 32.7 Å². The van der Waals surface area contributed by atoms with Crippen LogP contribution in [0.5, 0.6) is 0 Å². The zero-order valence-electron chi connectivity index (χ0n) is 17.7. The smallest absolute Gasteiger partial charge is 0.236 e. The minimum absolute atomic E-state index is 0.0461.